The van der Waals surface area contributed by atoms with Crippen LogP contribution in [0.5, 0.6) is 5.19 Å². The van der Waals surface area contributed by atoms with E-state index in [1.807, 2.05) is 40.9 Å². The molecule has 0 aliphatic carbocycles. The van der Waals surface area contributed by atoms with Gasteiger partial charge in [-0.15, -0.1) is 5.10 Å². The van der Waals surface area contributed by atoms with Crippen molar-refractivity contribution in [1.29, 1.82) is 0 Å². The summed E-state index contributed by atoms with van der Waals surface area (Å²) < 4.78 is 23.5. The highest BCUT2D eigenvalue weighted by Crippen LogP contribution is 2.43. The molecule has 0 unspecified atom stereocenters. The van der Waals surface area contributed by atoms with Crippen LogP contribution in [-0.2, 0) is 5.54 Å². The van der Waals surface area contributed by atoms with Crippen LogP contribution in [0.15, 0.2) is 146 Å². The standard InChI is InChI=1S/C38H27FN6OS/c1-46-37-42-41-36(47-37)33-23-40-34-22-19-27(24-44(33)34)32-25-45(43-35(32)26-17-20-31(39)21-18-26)38(28-11-5-2-6-12-28,29-13-7-3-8-14-29)30-15-9-4-10-16-30/h2-25H,1H3. The fraction of sp³-hybridized carbons (Fsp3) is 0.0526. The summed E-state index contributed by atoms with van der Waals surface area (Å²) in [6.07, 6.45) is 5.92. The predicted octanol–water partition coefficient (Wildman–Crippen LogP) is 8.37. The van der Waals surface area contributed by atoms with Crippen molar-refractivity contribution in [1.82, 2.24) is 29.4 Å². The lowest BCUT2D eigenvalue weighted by atomic mass is 9.77. The second-order valence-corrected chi connectivity index (χ2v) is 12.0. The predicted molar refractivity (Wildman–Crippen MR) is 182 cm³/mol. The molecular weight excluding hydrogens is 608 g/mol. The molecule has 0 saturated carbocycles. The normalized spacial score (nSPS) is 11.6. The molecule has 228 valence electrons. The van der Waals surface area contributed by atoms with E-state index in [1.165, 1.54) is 23.5 Å². The van der Waals surface area contributed by atoms with E-state index in [0.717, 1.165) is 50.4 Å². The zero-order valence-electron chi connectivity index (χ0n) is 25.2. The van der Waals surface area contributed by atoms with Gasteiger partial charge >= 0.3 is 0 Å². The number of ether oxygens (including phenoxy) is 1. The van der Waals surface area contributed by atoms with Gasteiger partial charge in [-0.2, -0.15) is 5.10 Å². The molecule has 4 aromatic carbocycles. The summed E-state index contributed by atoms with van der Waals surface area (Å²) in [7, 11) is 1.58. The van der Waals surface area contributed by atoms with Crippen molar-refractivity contribution < 1.29 is 9.13 Å². The van der Waals surface area contributed by atoms with Crippen LogP contribution in [0.1, 0.15) is 16.7 Å². The third kappa shape index (κ3) is 4.88. The molecule has 0 saturated heterocycles. The Kier molecular flexibility index (Phi) is 7.15. The van der Waals surface area contributed by atoms with E-state index < -0.39 is 5.54 Å². The zero-order valence-corrected chi connectivity index (χ0v) is 26.1. The number of aromatic nitrogens is 6. The lowest BCUT2D eigenvalue weighted by Gasteiger charge is -2.36. The molecule has 8 aromatic rings. The van der Waals surface area contributed by atoms with Crippen LogP contribution >= 0.6 is 11.3 Å². The van der Waals surface area contributed by atoms with E-state index in [4.69, 9.17) is 9.84 Å². The van der Waals surface area contributed by atoms with Gasteiger partial charge in [0.2, 0.25) is 0 Å². The molecule has 0 atom stereocenters. The number of hydrogen-bond acceptors (Lipinski definition) is 6. The molecule has 0 radical (unpaired) electrons. The number of nitrogens with zero attached hydrogens (tertiary/aromatic N) is 6. The topological polar surface area (TPSA) is 70.1 Å². The van der Waals surface area contributed by atoms with Gasteiger partial charge in [-0.3, -0.25) is 9.08 Å². The number of halogens is 1. The Morgan fingerprint density at radius 1 is 0.681 bits per heavy atom. The second kappa shape index (κ2) is 11.8. The minimum absolute atomic E-state index is 0.307. The molecule has 0 bridgehead atoms. The van der Waals surface area contributed by atoms with Gasteiger partial charge in [-0.05, 0) is 53.1 Å². The average molecular weight is 635 g/mol. The molecule has 7 nitrogen and oxygen atoms in total. The van der Waals surface area contributed by atoms with Gasteiger partial charge in [0.1, 0.15) is 28.4 Å². The molecule has 0 aliphatic heterocycles. The third-order valence-corrected chi connectivity index (χ3v) is 9.27. The van der Waals surface area contributed by atoms with E-state index >= 15 is 0 Å². The van der Waals surface area contributed by atoms with Crippen LogP contribution < -0.4 is 4.74 Å². The first-order valence-corrected chi connectivity index (χ1v) is 15.8. The number of pyridine rings is 1. The number of fused-ring (bicyclic) bond motifs is 1. The molecule has 0 aliphatic rings. The fourth-order valence-electron chi connectivity index (χ4n) is 6.21. The van der Waals surface area contributed by atoms with Crippen LogP contribution in [0.3, 0.4) is 0 Å². The van der Waals surface area contributed by atoms with Crippen LogP contribution in [0.4, 0.5) is 4.39 Å². The number of rotatable bonds is 8. The van der Waals surface area contributed by atoms with E-state index in [2.05, 4.69) is 98.9 Å². The molecule has 4 heterocycles. The first-order valence-electron chi connectivity index (χ1n) is 15.0. The highest BCUT2D eigenvalue weighted by atomic mass is 32.1. The maximum absolute atomic E-state index is 14.2. The quantitative estimate of drug-likeness (QED) is 0.157. The van der Waals surface area contributed by atoms with Gasteiger partial charge in [0.15, 0.2) is 5.01 Å². The molecule has 0 fully saturated rings. The summed E-state index contributed by atoms with van der Waals surface area (Å²) in [6.45, 7) is 0. The summed E-state index contributed by atoms with van der Waals surface area (Å²) in [5.41, 5.74) is 7.18. The SMILES string of the molecule is COc1nnc(-c2cnc3ccc(-c4cn(C(c5ccccc5)(c5ccccc5)c5ccccc5)nc4-c4ccc(F)cc4)cn23)s1. The van der Waals surface area contributed by atoms with E-state index in [1.54, 1.807) is 25.4 Å². The molecule has 0 spiro atoms. The maximum atomic E-state index is 14.2. The summed E-state index contributed by atoms with van der Waals surface area (Å²) in [4.78, 5) is 4.62. The van der Waals surface area contributed by atoms with E-state index in [-0.39, 0.29) is 5.82 Å². The Hall–Kier alpha value is -5.93. The molecule has 47 heavy (non-hydrogen) atoms. The average Bonchev–Trinajstić information content (AvgIpc) is 3.89. The van der Waals surface area contributed by atoms with Gasteiger partial charge in [0, 0.05) is 29.1 Å². The molecular formula is C38H27FN6OS. The number of hydrogen-bond donors (Lipinski definition) is 0. The van der Waals surface area contributed by atoms with Crippen LogP contribution in [0.25, 0.3) is 38.7 Å². The van der Waals surface area contributed by atoms with E-state index in [9.17, 15) is 4.39 Å². The van der Waals surface area contributed by atoms with Gasteiger partial charge in [0.25, 0.3) is 5.19 Å². The van der Waals surface area contributed by atoms with Crippen molar-refractivity contribution in [3.63, 3.8) is 0 Å². The lowest BCUT2D eigenvalue weighted by molar-refractivity contribution is 0.407. The lowest BCUT2D eigenvalue weighted by Crippen LogP contribution is -2.38. The summed E-state index contributed by atoms with van der Waals surface area (Å²) in [6, 6.07) is 41.7. The van der Waals surface area contributed by atoms with Gasteiger partial charge in [-0.1, -0.05) is 107 Å². The van der Waals surface area contributed by atoms with Crippen molar-refractivity contribution >= 4 is 17.0 Å². The molecule has 0 N–H and O–H groups in total. The van der Waals surface area contributed by atoms with Gasteiger partial charge < -0.3 is 4.74 Å². The van der Waals surface area contributed by atoms with Crippen LogP contribution in [0.2, 0.25) is 0 Å². The summed E-state index contributed by atoms with van der Waals surface area (Å²) in [5, 5.41) is 15.0. The molecule has 9 heteroatoms. The minimum Gasteiger partial charge on any atom is -0.472 e. The highest BCUT2D eigenvalue weighted by molar-refractivity contribution is 7.16. The Bertz CT molecular complexity index is 2200. The van der Waals surface area contributed by atoms with Crippen molar-refractivity contribution in [2.75, 3.05) is 7.11 Å². The number of methoxy groups -OCH3 is 1. The Morgan fingerprint density at radius 2 is 1.28 bits per heavy atom. The highest BCUT2D eigenvalue weighted by Gasteiger charge is 2.40. The molecule has 4 aromatic heterocycles. The number of imidazole rings is 1. The smallest absolute Gasteiger partial charge is 0.294 e. The number of benzene rings is 4. The Morgan fingerprint density at radius 3 is 1.85 bits per heavy atom. The maximum Gasteiger partial charge on any atom is 0.294 e. The largest absolute Gasteiger partial charge is 0.472 e. The first kappa shape index (κ1) is 28.5. The first-order chi connectivity index (χ1) is 23.1. The van der Waals surface area contributed by atoms with Crippen LogP contribution in [0, 0.1) is 5.82 Å². The van der Waals surface area contributed by atoms with Crippen molar-refractivity contribution in [2.24, 2.45) is 0 Å². The Labute approximate surface area is 274 Å². The zero-order chi connectivity index (χ0) is 31.8. The van der Waals surface area contributed by atoms with Crippen molar-refractivity contribution in [2.45, 2.75) is 5.54 Å². The molecule has 0 amide bonds. The molecule has 8 rings (SSSR count). The van der Waals surface area contributed by atoms with Gasteiger partial charge in [-0.25, -0.2) is 9.37 Å². The van der Waals surface area contributed by atoms with E-state index in [0.29, 0.717) is 10.2 Å². The van der Waals surface area contributed by atoms with Gasteiger partial charge in [0.05, 0.1) is 13.3 Å². The Balaban J connectivity index is 1.42. The summed E-state index contributed by atoms with van der Waals surface area (Å²) in [5.74, 6) is -0.307. The van der Waals surface area contributed by atoms with Crippen LogP contribution in [-0.4, -0.2) is 36.5 Å². The minimum atomic E-state index is -0.829. The third-order valence-electron chi connectivity index (χ3n) is 8.37. The van der Waals surface area contributed by atoms with Crippen molar-refractivity contribution in [3.05, 3.63) is 168 Å². The summed E-state index contributed by atoms with van der Waals surface area (Å²) >= 11 is 1.35. The monoisotopic (exact) mass is 634 g/mol. The fourth-order valence-corrected chi connectivity index (χ4v) is 6.87. The van der Waals surface area contributed by atoms with Crippen molar-refractivity contribution in [3.8, 4) is 38.3 Å². The second-order valence-electron chi connectivity index (χ2n) is 11.0.